The van der Waals surface area contributed by atoms with E-state index >= 15 is 0 Å². The topological polar surface area (TPSA) is 88.7 Å². The van der Waals surface area contributed by atoms with Gasteiger partial charge in [0, 0.05) is 10.9 Å². The van der Waals surface area contributed by atoms with Crippen molar-refractivity contribution in [2.75, 3.05) is 33.2 Å². The standard InChI is InChI=1S/C24H21N3O4/c1-28-19-7-4-15(12-21(19)29-2)14-3-6-18-17(11-14)23(27-24(25)26-18)16-5-8-20-22(13-16)31-10-9-30-20/h3-8,11-13H,9-10H2,1-2H3,(H2,25,26,27). The fourth-order valence-corrected chi connectivity index (χ4v) is 3.75. The molecule has 156 valence electrons. The minimum absolute atomic E-state index is 0.219. The smallest absolute Gasteiger partial charge is 0.221 e. The van der Waals surface area contributed by atoms with E-state index in [4.69, 9.17) is 24.7 Å². The second-order valence-corrected chi connectivity index (χ2v) is 7.09. The lowest BCUT2D eigenvalue weighted by atomic mass is 9.99. The van der Waals surface area contributed by atoms with Crippen molar-refractivity contribution in [3.63, 3.8) is 0 Å². The molecule has 7 nitrogen and oxygen atoms in total. The average molecular weight is 415 g/mol. The number of hydrogen-bond donors (Lipinski definition) is 1. The van der Waals surface area contributed by atoms with Gasteiger partial charge in [-0.25, -0.2) is 9.97 Å². The lowest BCUT2D eigenvalue weighted by Gasteiger charge is -2.19. The van der Waals surface area contributed by atoms with Gasteiger partial charge in [0.25, 0.3) is 0 Å². The van der Waals surface area contributed by atoms with Crippen molar-refractivity contribution >= 4 is 16.9 Å². The van der Waals surface area contributed by atoms with Crippen LogP contribution >= 0.6 is 0 Å². The van der Waals surface area contributed by atoms with Crippen molar-refractivity contribution in [1.82, 2.24) is 9.97 Å². The Labute approximate surface area is 179 Å². The van der Waals surface area contributed by atoms with Crippen LogP contribution in [0.4, 0.5) is 5.95 Å². The molecule has 0 bridgehead atoms. The average Bonchev–Trinajstić information content (AvgIpc) is 2.82. The van der Waals surface area contributed by atoms with Crippen LogP contribution in [0.2, 0.25) is 0 Å². The van der Waals surface area contributed by atoms with Gasteiger partial charge in [0.05, 0.1) is 25.4 Å². The van der Waals surface area contributed by atoms with Crippen LogP contribution in [0.1, 0.15) is 0 Å². The Morgan fingerprint density at radius 3 is 2.26 bits per heavy atom. The summed E-state index contributed by atoms with van der Waals surface area (Å²) >= 11 is 0. The molecule has 0 saturated carbocycles. The van der Waals surface area contributed by atoms with Gasteiger partial charge in [-0.1, -0.05) is 12.1 Å². The summed E-state index contributed by atoms with van der Waals surface area (Å²) in [6.07, 6.45) is 0. The van der Waals surface area contributed by atoms with Crippen molar-refractivity contribution < 1.29 is 18.9 Å². The molecule has 0 fully saturated rings. The minimum Gasteiger partial charge on any atom is -0.493 e. The molecule has 1 aliphatic heterocycles. The molecule has 0 saturated heterocycles. The Kier molecular flexibility index (Phi) is 4.71. The van der Waals surface area contributed by atoms with Gasteiger partial charge in [0.2, 0.25) is 5.95 Å². The summed E-state index contributed by atoms with van der Waals surface area (Å²) in [7, 11) is 3.24. The molecule has 7 heteroatoms. The van der Waals surface area contributed by atoms with Crippen LogP contribution in [-0.2, 0) is 0 Å². The number of ether oxygens (including phenoxy) is 4. The van der Waals surface area contributed by atoms with Crippen molar-refractivity contribution in [2.24, 2.45) is 0 Å². The Bertz CT molecular complexity index is 1290. The van der Waals surface area contributed by atoms with Gasteiger partial charge in [-0.3, -0.25) is 0 Å². The van der Waals surface area contributed by atoms with E-state index in [-0.39, 0.29) is 5.95 Å². The first-order valence-electron chi connectivity index (χ1n) is 9.86. The van der Waals surface area contributed by atoms with Crippen molar-refractivity contribution in [1.29, 1.82) is 0 Å². The zero-order chi connectivity index (χ0) is 21.4. The lowest BCUT2D eigenvalue weighted by molar-refractivity contribution is 0.171. The second-order valence-electron chi connectivity index (χ2n) is 7.09. The molecule has 3 aromatic carbocycles. The third kappa shape index (κ3) is 3.44. The molecular weight excluding hydrogens is 394 g/mol. The highest BCUT2D eigenvalue weighted by Gasteiger charge is 2.16. The normalized spacial score (nSPS) is 12.6. The number of methoxy groups -OCH3 is 2. The molecule has 0 unspecified atom stereocenters. The largest absolute Gasteiger partial charge is 0.493 e. The number of hydrogen-bond acceptors (Lipinski definition) is 7. The Hall–Kier alpha value is -4.00. The van der Waals surface area contributed by atoms with Crippen LogP contribution in [0, 0.1) is 0 Å². The quantitative estimate of drug-likeness (QED) is 0.530. The van der Waals surface area contributed by atoms with E-state index in [1.165, 1.54) is 0 Å². The van der Waals surface area contributed by atoms with Gasteiger partial charge in [-0.05, 0) is 53.6 Å². The summed E-state index contributed by atoms with van der Waals surface area (Å²) in [4.78, 5) is 8.95. The fourth-order valence-electron chi connectivity index (χ4n) is 3.75. The highest BCUT2D eigenvalue weighted by molar-refractivity contribution is 5.96. The molecule has 2 heterocycles. The lowest BCUT2D eigenvalue weighted by Crippen LogP contribution is -2.15. The van der Waals surface area contributed by atoms with E-state index in [1.54, 1.807) is 14.2 Å². The molecule has 0 amide bonds. The van der Waals surface area contributed by atoms with Crippen LogP contribution in [0.5, 0.6) is 23.0 Å². The molecule has 1 aromatic heterocycles. The van der Waals surface area contributed by atoms with E-state index in [1.807, 2.05) is 48.5 Å². The molecule has 31 heavy (non-hydrogen) atoms. The predicted octanol–water partition coefficient (Wildman–Crippen LogP) is 4.33. The van der Waals surface area contributed by atoms with Gasteiger partial charge in [-0.2, -0.15) is 0 Å². The van der Waals surface area contributed by atoms with Crippen LogP contribution in [-0.4, -0.2) is 37.4 Å². The van der Waals surface area contributed by atoms with Crippen molar-refractivity contribution in [3.8, 4) is 45.4 Å². The fraction of sp³-hybridized carbons (Fsp3) is 0.167. The third-order valence-corrected chi connectivity index (χ3v) is 5.25. The van der Waals surface area contributed by atoms with E-state index in [0.717, 1.165) is 39.0 Å². The van der Waals surface area contributed by atoms with Gasteiger partial charge >= 0.3 is 0 Å². The molecule has 0 radical (unpaired) electrons. The SMILES string of the molecule is COc1ccc(-c2ccc3nc(N)nc(-c4ccc5c(c4)OCCO5)c3c2)cc1OC. The summed E-state index contributed by atoms with van der Waals surface area (Å²) in [5.74, 6) is 2.99. The Morgan fingerprint density at radius 1 is 0.742 bits per heavy atom. The third-order valence-electron chi connectivity index (χ3n) is 5.25. The first-order chi connectivity index (χ1) is 15.2. The number of anilines is 1. The molecule has 5 rings (SSSR count). The van der Waals surface area contributed by atoms with E-state index < -0.39 is 0 Å². The molecule has 4 aromatic rings. The number of fused-ring (bicyclic) bond motifs is 2. The zero-order valence-corrected chi connectivity index (χ0v) is 17.2. The molecule has 2 N–H and O–H groups in total. The summed E-state index contributed by atoms with van der Waals surface area (Å²) in [6, 6.07) is 17.6. The maximum Gasteiger partial charge on any atom is 0.221 e. The molecule has 0 atom stereocenters. The molecular formula is C24H21N3O4. The van der Waals surface area contributed by atoms with Crippen molar-refractivity contribution in [2.45, 2.75) is 0 Å². The summed E-state index contributed by atoms with van der Waals surface area (Å²) in [6.45, 7) is 1.07. The minimum atomic E-state index is 0.219. The number of benzene rings is 3. The van der Waals surface area contributed by atoms with Crippen LogP contribution in [0.3, 0.4) is 0 Å². The van der Waals surface area contributed by atoms with E-state index in [9.17, 15) is 0 Å². The second kappa shape index (κ2) is 7.68. The number of nitrogens with zero attached hydrogens (tertiary/aromatic N) is 2. The van der Waals surface area contributed by atoms with Gasteiger partial charge in [0.15, 0.2) is 23.0 Å². The van der Waals surface area contributed by atoms with E-state index in [0.29, 0.717) is 30.5 Å². The first-order valence-corrected chi connectivity index (χ1v) is 9.86. The highest BCUT2D eigenvalue weighted by atomic mass is 16.6. The monoisotopic (exact) mass is 415 g/mol. The van der Waals surface area contributed by atoms with Gasteiger partial charge in [0.1, 0.15) is 13.2 Å². The Balaban J connectivity index is 1.66. The molecule has 0 spiro atoms. The first kappa shape index (κ1) is 19.0. The predicted molar refractivity (Wildman–Crippen MR) is 119 cm³/mol. The molecule has 0 aliphatic carbocycles. The maximum absolute atomic E-state index is 6.01. The summed E-state index contributed by atoms with van der Waals surface area (Å²) in [5, 5.41) is 0.887. The van der Waals surface area contributed by atoms with Crippen LogP contribution in [0.15, 0.2) is 54.6 Å². The van der Waals surface area contributed by atoms with Crippen molar-refractivity contribution in [3.05, 3.63) is 54.6 Å². The summed E-state index contributed by atoms with van der Waals surface area (Å²) in [5.41, 5.74) is 10.4. The number of aromatic nitrogens is 2. The Morgan fingerprint density at radius 2 is 1.45 bits per heavy atom. The maximum atomic E-state index is 6.01. The van der Waals surface area contributed by atoms with Crippen LogP contribution < -0.4 is 24.7 Å². The number of nitrogens with two attached hydrogens (primary N) is 1. The van der Waals surface area contributed by atoms with Gasteiger partial charge < -0.3 is 24.7 Å². The van der Waals surface area contributed by atoms with Crippen LogP contribution in [0.25, 0.3) is 33.3 Å². The number of rotatable bonds is 4. The summed E-state index contributed by atoms with van der Waals surface area (Å²) < 4.78 is 22.2. The van der Waals surface area contributed by atoms with E-state index in [2.05, 4.69) is 16.0 Å². The number of nitrogen functional groups attached to an aromatic ring is 1. The zero-order valence-electron chi connectivity index (χ0n) is 17.2. The highest BCUT2D eigenvalue weighted by Crippen LogP contribution is 2.38. The molecule has 1 aliphatic rings. The van der Waals surface area contributed by atoms with Gasteiger partial charge in [-0.15, -0.1) is 0 Å².